The summed E-state index contributed by atoms with van der Waals surface area (Å²) < 4.78 is 22.9. The van der Waals surface area contributed by atoms with E-state index in [0.717, 1.165) is 24.0 Å². The molecule has 1 aliphatic carbocycles. The molecule has 1 aromatic carbocycles. The molecule has 0 spiro atoms. The summed E-state index contributed by atoms with van der Waals surface area (Å²) in [4.78, 5) is 2.81. The third-order valence-electron chi connectivity index (χ3n) is 3.64. The number of alkyl halides is 1. The van der Waals surface area contributed by atoms with Crippen LogP contribution in [-0.2, 0) is 9.84 Å². The molecule has 0 saturated heterocycles. The van der Waals surface area contributed by atoms with Gasteiger partial charge in [-0.25, -0.2) is 8.42 Å². The second kappa shape index (κ2) is 6.27. The molecule has 2 rings (SSSR count). The van der Waals surface area contributed by atoms with Crippen molar-refractivity contribution < 1.29 is 8.42 Å². The van der Waals surface area contributed by atoms with Gasteiger partial charge in [0.25, 0.3) is 0 Å². The van der Waals surface area contributed by atoms with Gasteiger partial charge in [-0.2, -0.15) is 0 Å². The van der Waals surface area contributed by atoms with Crippen molar-refractivity contribution in [3.63, 3.8) is 0 Å². The molecule has 0 aromatic heterocycles. The molecule has 0 unspecified atom stereocenters. The van der Waals surface area contributed by atoms with Crippen LogP contribution in [0.4, 0.5) is 5.69 Å². The van der Waals surface area contributed by atoms with Crippen molar-refractivity contribution in [2.24, 2.45) is 0 Å². The lowest BCUT2D eigenvalue weighted by Gasteiger charge is -2.39. The summed E-state index contributed by atoms with van der Waals surface area (Å²) in [6.45, 7) is 1.02. The average molecular weight is 346 g/mol. The highest BCUT2D eigenvalue weighted by atomic mass is 79.9. The van der Waals surface area contributed by atoms with Gasteiger partial charge >= 0.3 is 0 Å². The Hall–Kier alpha value is -0.550. The molecule has 0 atom stereocenters. The summed E-state index contributed by atoms with van der Waals surface area (Å²) in [5.41, 5.74) is 1.14. The maximum absolute atomic E-state index is 11.5. The lowest BCUT2D eigenvalue weighted by Crippen LogP contribution is -2.41. The highest BCUT2D eigenvalue weighted by Crippen LogP contribution is 2.30. The first-order valence-electron chi connectivity index (χ1n) is 6.65. The lowest BCUT2D eigenvalue weighted by molar-refractivity contribution is 0.386. The van der Waals surface area contributed by atoms with Gasteiger partial charge < -0.3 is 4.90 Å². The van der Waals surface area contributed by atoms with Crippen molar-refractivity contribution >= 4 is 31.5 Å². The van der Waals surface area contributed by atoms with E-state index in [2.05, 4.69) is 20.8 Å². The maximum Gasteiger partial charge on any atom is 0.175 e. The van der Waals surface area contributed by atoms with Crippen LogP contribution in [0.25, 0.3) is 0 Å². The van der Waals surface area contributed by atoms with Gasteiger partial charge in [-0.3, -0.25) is 0 Å². The van der Waals surface area contributed by atoms with E-state index in [1.165, 1.54) is 25.5 Å². The minimum Gasteiger partial charge on any atom is -0.369 e. The van der Waals surface area contributed by atoms with Gasteiger partial charge in [0.15, 0.2) is 9.84 Å². The number of hydrogen-bond donors (Lipinski definition) is 0. The molecule has 106 valence electrons. The summed E-state index contributed by atoms with van der Waals surface area (Å²) in [6, 6.07) is 7.92. The van der Waals surface area contributed by atoms with Crippen molar-refractivity contribution in [3.8, 4) is 0 Å². The first-order valence-corrected chi connectivity index (χ1v) is 9.66. The lowest BCUT2D eigenvalue weighted by atomic mass is 9.91. The number of rotatable bonds is 6. The standard InChI is InChI=1S/C14H20BrNO2S/c1-19(17,18)14-8-6-13(7-9-14)16(11-3-10-15)12-4-2-5-12/h6-9,12H,2-5,10-11H2,1H3. The Morgan fingerprint density at radius 2 is 1.89 bits per heavy atom. The number of benzene rings is 1. The van der Waals surface area contributed by atoms with E-state index in [-0.39, 0.29) is 0 Å². The zero-order valence-electron chi connectivity index (χ0n) is 11.2. The predicted octanol–water partition coefficient (Wildman–Crippen LogP) is 3.23. The summed E-state index contributed by atoms with van der Waals surface area (Å²) >= 11 is 3.47. The molecule has 0 N–H and O–H groups in total. The number of anilines is 1. The fourth-order valence-corrected chi connectivity index (χ4v) is 3.22. The van der Waals surface area contributed by atoms with Crippen molar-refractivity contribution in [3.05, 3.63) is 24.3 Å². The Balaban J connectivity index is 2.16. The maximum atomic E-state index is 11.5. The first kappa shape index (κ1) is 14.9. The van der Waals surface area contributed by atoms with Crippen molar-refractivity contribution in [2.75, 3.05) is 23.0 Å². The Bertz CT molecular complexity index is 509. The van der Waals surface area contributed by atoms with Gasteiger partial charge in [0.1, 0.15) is 0 Å². The molecular weight excluding hydrogens is 326 g/mol. The zero-order valence-corrected chi connectivity index (χ0v) is 13.6. The summed E-state index contributed by atoms with van der Waals surface area (Å²) in [6.07, 6.45) is 6.14. The van der Waals surface area contributed by atoms with Gasteiger partial charge in [0.05, 0.1) is 4.90 Å². The Kier molecular flexibility index (Phi) is 4.90. The van der Waals surface area contributed by atoms with E-state index in [9.17, 15) is 8.42 Å². The number of halogens is 1. The second-order valence-electron chi connectivity index (χ2n) is 5.09. The van der Waals surface area contributed by atoms with Crippen LogP contribution in [0.5, 0.6) is 0 Å². The number of nitrogens with zero attached hydrogens (tertiary/aromatic N) is 1. The molecule has 1 saturated carbocycles. The molecular formula is C14H20BrNO2S. The SMILES string of the molecule is CS(=O)(=O)c1ccc(N(CCCBr)C2CCC2)cc1. The predicted molar refractivity (Wildman–Crippen MR) is 82.9 cm³/mol. The molecule has 1 aliphatic rings. The highest BCUT2D eigenvalue weighted by molar-refractivity contribution is 9.09. The monoisotopic (exact) mass is 345 g/mol. The van der Waals surface area contributed by atoms with Crippen molar-refractivity contribution in [1.29, 1.82) is 0 Å². The molecule has 19 heavy (non-hydrogen) atoms. The van der Waals surface area contributed by atoms with E-state index in [1.54, 1.807) is 12.1 Å². The van der Waals surface area contributed by atoms with Crippen LogP contribution in [0.1, 0.15) is 25.7 Å². The highest BCUT2D eigenvalue weighted by Gasteiger charge is 2.24. The van der Waals surface area contributed by atoms with Gasteiger partial charge in [0, 0.05) is 29.9 Å². The third-order valence-corrected chi connectivity index (χ3v) is 5.33. The Morgan fingerprint density at radius 3 is 2.32 bits per heavy atom. The molecule has 0 radical (unpaired) electrons. The zero-order chi connectivity index (χ0) is 13.9. The van der Waals surface area contributed by atoms with Gasteiger partial charge in [-0.15, -0.1) is 0 Å². The number of sulfone groups is 1. The summed E-state index contributed by atoms with van der Waals surface area (Å²) in [5.74, 6) is 0. The normalized spacial score (nSPS) is 16.1. The van der Waals surface area contributed by atoms with Crippen molar-refractivity contribution in [2.45, 2.75) is 36.6 Å². The molecule has 0 amide bonds. The smallest absolute Gasteiger partial charge is 0.175 e. The first-order chi connectivity index (χ1) is 9.02. The van der Waals surface area contributed by atoms with E-state index < -0.39 is 9.84 Å². The van der Waals surface area contributed by atoms with Crippen LogP contribution in [0.3, 0.4) is 0 Å². The number of hydrogen-bond acceptors (Lipinski definition) is 3. The summed E-state index contributed by atoms with van der Waals surface area (Å²) in [7, 11) is -3.10. The van der Waals surface area contributed by atoms with Gasteiger partial charge in [-0.1, -0.05) is 15.9 Å². The molecule has 1 aromatic rings. The Labute approximate surface area is 124 Å². The molecule has 0 heterocycles. The van der Waals surface area contributed by atoms with Crippen LogP contribution < -0.4 is 4.90 Å². The van der Waals surface area contributed by atoms with Crippen LogP contribution in [0, 0.1) is 0 Å². The van der Waals surface area contributed by atoms with Crippen LogP contribution in [0.2, 0.25) is 0 Å². The molecule has 1 fully saturated rings. The molecule has 0 aliphatic heterocycles. The topological polar surface area (TPSA) is 37.4 Å². The Morgan fingerprint density at radius 1 is 1.26 bits per heavy atom. The largest absolute Gasteiger partial charge is 0.369 e. The van der Waals surface area contributed by atoms with E-state index in [4.69, 9.17) is 0 Å². The summed E-state index contributed by atoms with van der Waals surface area (Å²) in [5, 5.41) is 0.998. The van der Waals surface area contributed by atoms with Crippen LogP contribution >= 0.6 is 15.9 Å². The van der Waals surface area contributed by atoms with Gasteiger partial charge in [-0.05, 0) is 49.9 Å². The fraction of sp³-hybridized carbons (Fsp3) is 0.571. The minimum atomic E-state index is -3.10. The molecule has 5 heteroatoms. The fourth-order valence-electron chi connectivity index (χ4n) is 2.34. The van der Waals surface area contributed by atoms with Crippen LogP contribution in [0.15, 0.2) is 29.2 Å². The average Bonchev–Trinajstić information content (AvgIpc) is 2.31. The van der Waals surface area contributed by atoms with Gasteiger partial charge in [0.2, 0.25) is 0 Å². The third kappa shape index (κ3) is 3.72. The molecule has 0 bridgehead atoms. The van der Waals surface area contributed by atoms with E-state index in [0.29, 0.717) is 10.9 Å². The van der Waals surface area contributed by atoms with Crippen LogP contribution in [-0.4, -0.2) is 32.6 Å². The van der Waals surface area contributed by atoms with E-state index >= 15 is 0 Å². The minimum absolute atomic E-state index is 0.394. The second-order valence-corrected chi connectivity index (χ2v) is 7.90. The molecule has 3 nitrogen and oxygen atoms in total. The van der Waals surface area contributed by atoms with E-state index in [1.807, 2.05) is 12.1 Å². The van der Waals surface area contributed by atoms with Crippen molar-refractivity contribution in [1.82, 2.24) is 0 Å². The quantitative estimate of drug-likeness (QED) is 0.742.